The number of oxazole rings is 1. The van der Waals surface area contributed by atoms with Crippen LogP contribution in [0.2, 0.25) is 0 Å². The highest BCUT2D eigenvalue weighted by Crippen LogP contribution is 2.30. The van der Waals surface area contributed by atoms with E-state index in [1.54, 1.807) is 31.2 Å². The van der Waals surface area contributed by atoms with Crippen LogP contribution in [-0.2, 0) is 0 Å². The van der Waals surface area contributed by atoms with Gasteiger partial charge in [0, 0.05) is 11.3 Å². The van der Waals surface area contributed by atoms with Gasteiger partial charge in [0.05, 0.1) is 0 Å². The number of hydrogen-bond acceptors (Lipinski definition) is 3. The topological polar surface area (TPSA) is 55.1 Å². The second-order valence-electron chi connectivity index (χ2n) is 6.92. The Kier molecular flexibility index (Phi) is 4.96. The van der Waals surface area contributed by atoms with Crippen molar-refractivity contribution in [3.63, 3.8) is 0 Å². The van der Waals surface area contributed by atoms with Crippen LogP contribution in [0.5, 0.6) is 0 Å². The average Bonchev–Trinajstić information content (AvgIpc) is 3.15. The number of hydrogen-bond donors (Lipinski definition) is 1. The molecule has 3 aromatic carbocycles. The third-order valence-electron chi connectivity index (χ3n) is 4.71. The van der Waals surface area contributed by atoms with E-state index in [1.165, 1.54) is 6.07 Å². The first-order valence-corrected chi connectivity index (χ1v) is 8.98. The van der Waals surface area contributed by atoms with Crippen molar-refractivity contribution in [1.82, 2.24) is 4.98 Å². The Balaban J connectivity index is 1.72. The summed E-state index contributed by atoms with van der Waals surface area (Å²) in [6, 6.07) is 10.1. The molecule has 0 spiro atoms. The highest BCUT2D eigenvalue weighted by Gasteiger charge is 2.30. The van der Waals surface area contributed by atoms with E-state index in [1.807, 2.05) is 13.0 Å². The van der Waals surface area contributed by atoms with Crippen LogP contribution in [0.4, 0.5) is 27.6 Å². The third-order valence-corrected chi connectivity index (χ3v) is 4.71. The molecule has 4 rings (SSSR count). The maximum absolute atomic E-state index is 13.9. The maximum Gasteiger partial charge on any atom is 0.261 e. The van der Waals surface area contributed by atoms with Gasteiger partial charge in [0.25, 0.3) is 5.91 Å². The number of fused-ring (bicyclic) bond motifs is 1. The number of amides is 1. The number of rotatable bonds is 3. The van der Waals surface area contributed by atoms with Gasteiger partial charge in [-0.3, -0.25) is 4.79 Å². The lowest BCUT2D eigenvalue weighted by Crippen LogP contribution is -2.19. The summed E-state index contributed by atoms with van der Waals surface area (Å²) < 4.78 is 73.7. The predicted molar refractivity (Wildman–Crippen MR) is 103 cm³/mol. The summed E-state index contributed by atoms with van der Waals surface area (Å²) in [6.07, 6.45) is 0. The molecule has 4 nitrogen and oxygen atoms in total. The molecule has 1 amide bonds. The zero-order valence-electron chi connectivity index (χ0n) is 16.1. The molecule has 1 heterocycles. The van der Waals surface area contributed by atoms with Crippen molar-refractivity contribution in [2.24, 2.45) is 0 Å². The molecule has 0 atom stereocenters. The summed E-state index contributed by atoms with van der Waals surface area (Å²) in [5, 5.41) is 2.19. The minimum atomic E-state index is -2.34. The van der Waals surface area contributed by atoms with Crippen LogP contribution >= 0.6 is 0 Å². The number of aromatic nitrogens is 1. The van der Waals surface area contributed by atoms with E-state index in [0.717, 1.165) is 5.56 Å². The summed E-state index contributed by atoms with van der Waals surface area (Å²) >= 11 is 0. The molecule has 1 N–H and O–H groups in total. The SMILES string of the molecule is Cc1ccc2nc(-c3ccc(C)c(NC(=O)c4c(F)c(F)c(F)c(F)c4F)c3)oc2c1. The third kappa shape index (κ3) is 3.52. The van der Waals surface area contributed by atoms with Gasteiger partial charge in [-0.1, -0.05) is 12.1 Å². The van der Waals surface area contributed by atoms with E-state index >= 15 is 0 Å². The van der Waals surface area contributed by atoms with E-state index in [4.69, 9.17) is 4.42 Å². The smallest absolute Gasteiger partial charge is 0.261 e. The molecule has 0 aliphatic rings. The van der Waals surface area contributed by atoms with Crippen LogP contribution in [0.25, 0.3) is 22.6 Å². The summed E-state index contributed by atoms with van der Waals surface area (Å²) in [5.74, 6) is -12.4. The van der Waals surface area contributed by atoms with Crippen molar-refractivity contribution in [3.8, 4) is 11.5 Å². The molecule has 158 valence electrons. The predicted octanol–water partition coefficient (Wildman–Crippen LogP) is 6.06. The minimum absolute atomic E-state index is 0.0879. The molecule has 0 aliphatic carbocycles. The van der Waals surface area contributed by atoms with Gasteiger partial charge in [-0.15, -0.1) is 0 Å². The standard InChI is InChI=1S/C22H13F5N2O2/c1-9-3-6-12-14(7-9)31-22(29-12)11-5-4-10(2)13(8-11)28-21(30)15-16(23)18(25)20(27)19(26)17(15)24/h3-8H,1-2H3,(H,28,30). The number of aryl methyl sites for hydroxylation is 2. The van der Waals surface area contributed by atoms with Gasteiger partial charge < -0.3 is 9.73 Å². The molecule has 0 radical (unpaired) electrons. The first-order chi connectivity index (χ1) is 14.7. The van der Waals surface area contributed by atoms with E-state index in [0.29, 0.717) is 22.2 Å². The fraction of sp³-hybridized carbons (Fsp3) is 0.0909. The Morgan fingerprint density at radius 3 is 2.19 bits per heavy atom. The van der Waals surface area contributed by atoms with Crippen LogP contribution in [0, 0.1) is 42.9 Å². The van der Waals surface area contributed by atoms with Crippen molar-refractivity contribution in [2.75, 3.05) is 5.32 Å². The van der Waals surface area contributed by atoms with Crippen molar-refractivity contribution >= 4 is 22.7 Å². The van der Waals surface area contributed by atoms with Crippen molar-refractivity contribution in [2.45, 2.75) is 13.8 Å². The first kappa shape index (κ1) is 20.5. The Hall–Kier alpha value is -3.75. The van der Waals surface area contributed by atoms with Gasteiger partial charge in [-0.25, -0.2) is 26.9 Å². The Morgan fingerprint density at radius 2 is 1.52 bits per heavy atom. The molecule has 0 unspecified atom stereocenters. The highest BCUT2D eigenvalue weighted by atomic mass is 19.2. The van der Waals surface area contributed by atoms with Gasteiger partial charge in [0.1, 0.15) is 11.1 Å². The quantitative estimate of drug-likeness (QED) is 0.243. The Morgan fingerprint density at radius 1 is 0.871 bits per heavy atom. The number of benzene rings is 3. The van der Waals surface area contributed by atoms with Crippen molar-refractivity contribution in [3.05, 3.63) is 82.2 Å². The largest absolute Gasteiger partial charge is 0.436 e. The number of nitrogens with one attached hydrogen (secondary N) is 1. The van der Waals surface area contributed by atoms with Gasteiger partial charge in [-0.05, 0) is 49.2 Å². The van der Waals surface area contributed by atoms with Crippen LogP contribution in [0.1, 0.15) is 21.5 Å². The summed E-state index contributed by atoms with van der Waals surface area (Å²) in [6.45, 7) is 3.48. The Bertz CT molecular complexity index is 1340. The maximum atomic E-state index is 13.9. The molecule has 0 saturated heterocycles. The van der Waals surface area contributed by atoms with Crippen molar-refractivity contribution < 1.29 is 31.2 Å². The second kappa shape index (κ2) is 7.50. The van der Waals surface area contributed by atoms with Crippen LogP contribution in [0.15, 0.2) is 40.8 Å². The summed E-state index contributed by atoms with van der Waals surface area (Å²) in [7, 11) is 0. The number of carbonyl (C=O) groups excluding carboxylic acids is 1. The van der Waals surface area contributed by atoms with Crippen molar-refractivity contribution in [1.29, 1.82) is 0 Å². The number of anilines is 1. The summed E-state index contributed by atoms with van der Waals surface area (Å²) in [5.41, 5.74) is 1.55. The fourth-order valence-electron chi connectivity index (χ4n) is 3.03. The van der Waals surface area contributed by atoms with Gasteiger partial charge in [0.2, 0.25) is 11.7 Å². The highest BCUT2D eigenvalue weighted by molar-refractivity contribution is 6.05. The van der Waals surface area contributed by atoms with E-state index in [-0.39, 0.29) is 11.6 Å². The second-order valence-corrected chi connectivity index (χ2v) is 6.92. The average molecular weight is 432 g/mol. The fourth-order valence-corrected chi connectivity index (χ4v) is 3.03. The Labute approximate surface area is 172 Å². The number of nitrogens with zero attached hydrogens (tertiary/aromatic N) is 1. The van der Waals surface area contributed by atoms with E-state index in [2.05, 4.69) is 10.3 Å². The molecule has 0 saturated carbocycles. The minimum Gasteiger partial charge on any atom is -0.436 e. The lowest BCUT2D eigenvalue weighted by atomic mass is 10.1. The number of carbonyl (C=O) groups is 1. The molecule has 0 fully saturated rings. The van der Waals surface area contributed by atoms with Crippen LogP contribution in [-0.4, -0.2) is 10.9 Å². The number of halogens is 5. The lowest BCUT2D eigenvalue weighted by molar-refractivity contribution is 0.101. The lowest BCUT2D eigenvalue weighted by Gasteiger charge is -2.12. The van der Waals surface area contributed by atoms with Gasteiger partial charge in [-0.2, -0.15) is 0 Å². The first-order valence-electron chi connectivity index (χ1n) is 8.98. The molecule has 1 aromatic heterocycles. The van der Waals surface area contributed by atoms with Gasteiger partial charge >= 0.3 is 0 Å². The van der Waals surface area contributed by atoms with Crippen LogP contribution < -0.4 is 5.32 Å². The molecule has 31 heavy (non-hydrogen) atoms. The monoisotopic (exact) mass is 432 g/mol. The van der Waals surface area contributed by atoms with E-state index < -0.39 is 40.6 Å². The van der Waals surface area contributed by atoms with E-state index in [9.17, 15) is 26.7 Å². The summed E-state index contributed by atoms with van der Waals surface area (Å²) in [4.78, 5) is 16.7. The normalized spacial score (nSPS) is 11.2. The molecule has 4 aromatic rings. The van der Waals surface area contributed by atoms with Crippen LogP contribution in [0.3, 0.4) is 0 Å². The van der Waals surface area contributed by atoms with Gasteiger partial charge in [0.15, 0.2) is 28.9 Å². The zero-order chi connectivity index (χ0) is 22.4. The molecular weight excluding hydrogens is 419 g/mol. The zero-order valence-corrected chi connectivity index (χ0v) is 16.1. The molecule has 9 heteroatoms. The molecular formula is C22H13F5N2O2. The molecule has 0 bridgehead atoms. The molecule has 0 aliphatic heterocycles.